The summed E-state index contributed by atoms with van der Waals surface area (Å²) >= 11 is 0. The molecular formula is C25H33N3O4S. The van der Waals surface area contributed by atoms with Crippen molar-refractivity contribution in [2.24, 2.45) is 0 Å². The van der Waals surface area contributed by atoms with E-state index in [0.717, 1.165) is 41.6 Å². The molecule has 0 spiro atoms. The summed E-state index contributed by atoms with van der Waals surface area (Å²) in [7, 11) is -2.04. The highest BCUT2D eigenvalue weighted by atomic mass is 32.2. The molecule has 8 heteroatoms. The van der Waals surface area contributed by atoms with E-state index in [1.54, 1.807) is 11.4 Å². The highest BCUT2D eigenvalue weighted by molar-refractivity contribution is 7.89. The Hall–Kier alpha value is -2.71. The fourth-order valence-electron chi connectivity index (χ4n) is 4.40. The molecule has 1 aliphatic rings. The van der Waals surface area contributed by atoms with Crippen LogP contribution in [0.15, 0.2) is 41.3 Å². The van der Waals surface area contributed by atoms with E-state index in [4.69, 9.17) is 0 Å². The standard InChI is InChI=1S/C25H33N3O4S/c1-17-14-18(2)24(19(3)15-17)26-23(29)16-27(5)25(30)21-9-11-22(12-10-21)33(31,32)28-13-7-6-8-20(28)4/h9-12,14-15,20H,6-8,13,16H2,1-5H3,(H,26,29)/t20-/m1/s1. The lowest BCUT2D eigenvalue weighted by Crippen LogP contribution is -2.41. The van der Waals surface area contributed by atoms with Gasteiger partial charge in [-0.05, 0) is 75.9 Å². The monoisotopic (exact) mass is 471 g/mol. The molecule has 2 aromatic rings. The van der Waals surface area contributed by atoms with Crippen molar-refractivity contribution in [3.63, 3.8) is 0 Å². The van der Waals surface area contributed by atoms with E-state index in [1.165, 1.54) is 29.2 Å². The van der Waals surface area contributed by atoms with Gasteiger partial charge in [-0.15, -0.1) is 0 Å². The van der Waals surface area contributed by atoms with Crippen LogP contribution in [-0.4, -0.2) is 55.6 Å². The van der Waals surface area contributed by atoms with Gasteiger partial charge in [0.1, 0.15) is 0 Å². The number of carbonyl (C=O) groups is 2. The summed E-state index contributed by atoms with van der Waals surface area (Å²) in [5.41, 5.74) is 4.14. The third-order valence-electron chi connectivity index (χ3n) is 6.12. The van der Waals surface area contributed by atoms with Crippen LogP contribution < -0.4 is 5.32 Å². The van der Waals surface area contributed by atoms with Crippen molar-refractivity contribution in [1.29, 1.82) is 0 Å². The SMILES string of the molecule is Cc1cc(C)c(NC(=O)CN(C)C(=O)c2ccc(S(=O)(=O)N3CCCC[C@H]3C)cc2)c(C)c1. The van der Waals surface area contributed by atoms with E-state index < -0.39 is 10.0 Å². The number of benzene rings is 2. The van der Waals surface area contributed by atoms with Gasteiger partial charge in [-0.1, -0.05) is 24.1 Å². The topological polar surface area (TPSA) is 86.8 Å². The maximum Gasteiger partial charge on any atom is 0.254 e. The van der Waals surface area contributed by atoms with Gasteiger partial charge in [0, 0.05) is 30.9 Å². The van der Waals surface area contributed by atoms with Crippen LogP contribution in [-0.2, 0) is 14.8 Å². The Morgan fingerprint density at radius 1 is 1.06 bits per heavy atom. The van der Waals surface area contributed by atoms with Crippen molar-refractivity contribution in [3.05, 3.63) is 58.7 Å². The molecular weight excluding hydrogens is 438 g/mol. The molecule has 1 N–H and O–H groups in total. The molecule has 0 bridgehead atoms. The second-order valence-corrected chi connectivity index (χ2v) is 10.9. The molecule has 7 nitrogen and oxygen atoms in total. The minimum Gasteiger partial charge on any atom is -0.332 e. The molecule has 178 valence electrons. The van der Waals surface area contributed by atoms with Gasteiger partial charge >= 0.3 is 0 Å². The zero-order valence-electron chi connectivity index (χ0n) is 20.0. The van der Waals surface area contributed by atoms with Crippen LogP contribution in [0.3, 0.4) is 0 Å². The second kappa shape index (κ2) is 10.1. The highest BCUT2D eigenvalue weighted by Crippen LogP contribution is 2.25. The van der Waals surface area contributed by atoms with Crippen LogP contribution in [0.4, 0.5) is 5.69 Å². The summed E-state index contributed by atoms with van der Waals surface area (Å²) in [4.78, 5) is 26.9. The number of rotatable bonds is 6. The number of sulfonamides is 1. The number of likely N-dealkylation sites (N-methyl/N-ethyl adjacent to an activating group) is 1. The van der Waals surface area contributed by atoms with E-state index in [1.807, 2.05) is 39.8 Å². The zero-order chi connectivity index (χ0) is 24.3. The van der Waals surface area contributed by atoms with Crippen LogP contribution in [0.25, 0.3) is 0 Å². The highest BCUT2D eigenvalue weighted by Gasteiger charge is 2.31. The number of hydrogen-bond donors (Lipinski definition) is 1. The molecule has 1 saturated heterocycles. The van der Waals surface area contributed by atoms with Gasteiger partial charge in [0.15, 0.2) is 0 Å². The van der Waals surface area contributed by atoms with E-state index in [9.17, 15) is 18.0 Å². The number of aryl methyl sites for hydroxylation is 3. The van der Waals surface area contributed by atoms with Gasteiger partial charge in [-0.3, -0.25) is 9.59 Å². The van der Waals surface area contributed by atoms with Crippen molar-refractivity contribution in [1.82, 2.24) is 9.21 Å². The molecule has 3 rings (SSSR count). The summed E-state index contributed by atoms with van der Waals surface area (Å²) in [5.74, 6) is -0.642. The maximum atomic E-state index is 13.0. The van der Waals surface area contributed by atoms with Gasteiger partial charge in [0.05, 0.1) is 11.4 Å². The molecule has 1 atom stereocenters. The molecule has 1 aliphatic heterocycles. The third-order valence-corrected chi connectivity index (χ3v) is 8.15. The lowest BCUT2D eigenvalue weighted by atomic mass is 10.1. The molecule has 2 aromatic carbocycles. The Morgan fingerprint density at radius 3 is 2.24 bits per heavy atom. The first-order valence-electron chi connectivity index (χ1n) is 11.3. The van der Waals surface area contributed by atoms with Crippen molar-refractivity contribution < 1.29 is 18.0 Å². The number of hydrogen-bond acceptors (Lipinski definition) is 4. The Balaban J connectivity index is 1.67. The molecule has 0 aromatic heterocycles. The van der Waals surface area contributed by atoms with Crippen LogP contribution in [0, 0.1) is 20.8 Å². The first kappa shape index (κ1) is 24.9. The average molecular weight is 472 g/mol. The number of carbonyl (C=O) groups excluding carboxylic acids is 2. The lowest BCUT2D eigenvalue weighted by Gasteiger charge is -2.32. The van der Waals surface area contributed by atoms with E-state index in [0.29, 0.717) is 12.1 Å². The smallest absolute Gasteiger partial charge is 0.254 e. The molecule has 0 aliphatic carbocycles. The maximum absolute atomic E-state index is 13.0. The van der Waals surface area contributed by atoms with Crippen molar-refractivity contribution in [2.75, 3.05) is 25.5 Å². The minimum atomic E-state index is -3.59. The van der Waals surface area contributed by atoms with Crippen molar-refractivity contribution in [2.45, 2.75) is 57.9 Å². The first-order valence-corrected chi connectivity index (χ1v) is 12.7. The van der Waals surface area contributed by atoms with Crippen molar-refractivity contribution in [3.8, 4) is 0 Å². The Kier molecular flexibility index (Phi) is 7.59. The Morgan fingerprint density at radius 2 is 1.67 bits per heavy atom. The first-order chi connectivity index (χ1) is 15.5. The summed E-state index contributed by atoms with van der Waals surface area (Å²) in [6.07, 6.45) is 2.74. The minimum absolute atomic E-state index is 0.0319. The summed E-state index contributed by atoms with van der Waals surface area (Å²) < 4.78 is 27.5. The predicted octanol–water partition coefficient (Wildman–Crippen LogP) is 3.89. The van der Waals surface area contributed by atoms with Gasteiger partial charge in [0.2, 0.25) is 15.9 Å². The molecule has 1 heterocycles. The summed E-state index contributed by atoms with van der Waals surface area (Å²) in [6, 6.07) is 9.91. The fraction of sp³-hybridized carbons (Fsp3) is 0.440. The average Bonchev–Trinajstić information content (AvgIpc) is 2.76. The number of amides is 2. The zero-order valence-corrected chi connectivity index (χ0v) is 20.8. The molecule has 0 saturated carbocycles. The van der Waals surface area contributed by atoms with Crippen LogP contribution in [0.2, 0.25) is 0 Å². The third kappa shape index (κ3) is 5.62. The Bertz CT molecular complexity index is 1120. The van der Waals surface area contributed by atoms with Gasteiger partial charge in [0.25, 0.3) is 5.91 Å². The number of piperidine rings is 1. The van der Waals surface area contributed by atoms with Crippen molar-refractivity contribution >= 4 is 27.5 Å². The molecule has 2 amide bonds. The Labute approximate surface area is 196 Å². The van der Waals surface area contributed by atoms with Gasteiger partial charge in [-0.25, -0.2) is 8.42 Å². The second-order valence-electron chi connectivity index (χ2n) is 8.97. The van der Waals surface area contributed by atoms with Gasteiger partial charge in [-0.2, -0.15) is 4.31 Å². The number of nitrogens with one attached hydrogen (secondary N) is 1. The van der Waals surface area contributed by atoms with Crippen LogP contribution in [0.5, 0.6) is 0 Å². The van der Waals surface area contributed by atoms with Crippen LogP contribution in [0.1, 0.15) is 53.2 Å². The largest absolute Gasteiger partial charge is 0.332 e. The predicted molar refractivity (Wildman–Crippen MR) is 130 cm³/mol. The van der Waals surface area contributed by atoms with E-state index >= 15 is 0 Å². The molecule has 33 heavy (non-hydrogen) atoms. The molecule has 0 radical (unpaired) electrons. The summed E-state index contributed by atoms with van der Waals surface area (Å²) in [5, 5.41) is 2.89. The number of anilines is 1. The lowest BCUT2D eigenvalue weighted by molar-refractivity contribution is -0.116. The van der Waals surface area contributed by atoms with E-state index in [2.05, 4.69) is 5.32 Å². The summed E-state index contributed by atoms with van der Waals surface area (Å²) in [6.45, 7) is 8.20. The normalized spacial score (nSPS) is 16.9. The van der Waals surface area contributed by atoms with Crippen LogP contribution >= 0.6 is 0 Å². The van der Waals surface area contributed by atoms with E-state index in [-0.39, 0.29) is 29.3 Å². The molecule has 0 unspecified atom stereocenters. The number of nitrogens with zero attached hydrogens (tertiary/aromatic N) is 2. The quantitative estimate of drug-likeness (QED) is 0.693. The van der Waals surface area contributed by atoms with Gasteiger partial charge < -0.3 is 10.2 Å². The molecule has 1 fully saturated rings. The fourth-order valence-corrected chi connectivity index (χ4v) is 6.10.